The predicted molar refractivity (Wildman–Crippen MR) is 106 cm³/mol. The summed E-state index contributed by atoms with van der Waals surface area (Å²) in [5.74, 6) is 1.87. The Kier molecular flexibility index (Phi) is 6.27. The lowest BCUT2D eigenvalue weighted by Crippen LogP contribution is -2.13. The number of nitrogens with one attached hydrogen (secondary N) is 1. The molecule has 2 aromatic heterocycles. The molecule has 0 radical (unpaired) electrons. The van der Waals surface area contributed by atoms with Crippen molar-refractivity contribution < 1.29 is 14.3 Å². The molecule has 0 aliphatic rings. The average molecular weight is 381 g/mol. The number of carbonyl (C=O) groups excluding carboxylic acids is 1. The number of anilines is 1. The maximum Gasteiger partial charge on any atom is 0.258 e. The van der Waals surface area contributed by atoms with Gasteiger partial charge < -0.3 is 14.8 Å². The zero-order chi connectivity index (χ0) is 19.1. The average Bonchev–Trinajstić information content (AvgIpc) is 2.73. The van der Waals surface area contributed by atoms with Crippen molar-refractivity contribution in [2.24, 2.45) is 0 Å². The van der Waals surface area contributed by atoms with E-state index < -0.39 is 0 Å². The van der Waals surface area contributed by atoms with Crippen LogP contribution < -0.4 is 14.8 Å². The molecule has 0 atom stereocenters. The molecule has 6 nitrogen and oxygen atoms in total. The summed E-state index contributed by atoms with van der Waals surface area (Å²) < 4.78 is 10.7. The van der Waals surface area contributed by atoms with E-state index in [1.54, 1.807) is 57.1 Å². The first kappa shape index (κ1) is 18.7. The van der Waals surface area contributed by atoms with Crippen LogP contribution in [0.2, 0.25) is 0 Å². The summed E-state index contributed by atoms with van der Waals surface area (Å²) in [5, 5.41) is 3.52. The Morgan fingerprint density at radius 3 is 2.63 bits per heavy atom. The second-order valence-corrected chi connectivity index (χ2v) is 6.48. The summed E-state index contributed by atoms with van der Waals surface area (Å²) in [6, 6.07) is 12.7. The Labute approximate surface area is 162 Å². The van der Waals surface area contributed by atoms with Crippen LogP contribution in [0, 0.1) is 0 Å². The van der Waals surface area contributed by atoms with Gasteiger partial charge in [0.2, 0.25) is 0 Å². The molecule has 27 heavy (non-hydrogen) atoms. The molecule has 0 spiro atoms. The second kappa shape index (κ2) is 9.05. The molecule has 0 aliphatic heterocycles. The Morgan fingerprint density at radius 1 is 1.07 bits per heavy atom. The van der Waals surface area contributed by atoms with Crippen LogP contribution >= 0.6 is 11.8 Å². The fourth-order valence-electron chi connectivity index (χ4n) is 2.43. The van der Waals surface area contributed by atoms with Crippen molar-refractivity contribution in [1.82, 2.24) is 9.97 Å². The third-order valence-electron chi connectivity index (χ3n) is 3.81. The molecule has 3 rings (SSSR count). The SMILES string of the molecule is COc1ccc(CSc2ncccc2C(=O)Nc2ccncc2)c(OC)c1. The van der Waals surface area contributed by atoms with Gasteiger partial charge in [0.05, 0.1) is 19.8 Å². The van der Waals surface area contributed by atoms with Gasteiger partial charge in [-0.25, -0.2) is 4.98 Å². The van der Waals surface area contributed by atoms with Crippen molar-refractivity contribution in [2.75, 3.05) is 19.5 Å². The molecule has 0 fully saturated rings. The van der Waals surface area contributed by atoms with E-state index in [9.17, 15) is 4.79 Å². The van der Waals surface area contributed by atoms with Crippen molar-refractivity contribution in [3.63, 3.8) is 0 Å². The number of pyridine rings is 2. The van der Waals surface area contributed by atoms with Crippen LogP contribution in [0.25, 0.3) is 0 Å². The van der Waals surface area contributed by atoms with Gasteiger partial charge >= 0.3 is 0 Å². The minimum absolute atomic E-state index is 0.210. The molecule has 1 amide bonds. The summed E-state index contributed by atoms with van der Waals surface area (Å²) in [4.78, 5) is 20.9. The van der Waals surface area contributed by atoms with Crippen LogP contribution in [-0.2, 0) is 5.75 Å². The van der Waals surface area contributed by atoms with Gasteiger partial charge in [-0.05, 0) is 30.3 Å². The highest BCUT2D eigenvalue weighted by atomic mass is 32.2. The van der Waals surface area contributed by atoms with Crippen molar-refractivity contribution in [1.29, 1.82) is 0 Å². The number of carbonyl (C=O) groups is 1. The van der Waals surface area contributed by atoms with E-state index in [1.807, 2.05) is 18.2 Å². The van der Waals surface area contributed by atoms with Crippen molar-refractivity contribution in [3.05, 3.63) is 72.2 Å². The first-order chi connectivity index (χ1) is 13.2. The number of rotatable bonds is 7. The molecule has 138 valence electrons. The van der Waals surface area contributed by atoms with Crippen LogP contribution in [0.4, 0.5) is 5.69 Å². The quantitative estimate of drug-likeness (QED) is 0.623. The highest BCUT2D eigenvalue weighted by Crippen LogP contribution is 2.31. The summed E-state index contributed by atoms with van der Waals surface area (Å²) in [5.41, 5.74) is 2.20. The Bertz CT molecular complexity index is 919. The number of hydrogen-bond donors (Lipinski definition) is 1. The molecular formula is C20H19N3O3S. The third kappa shape index (κ3) is 4.77. The molecule has 7 heteroatoms. The van der Waals surface area contributed by atoms with E-state index in [4.69, 9.17) is 9.47 Å². The number of hydrogen-bond acceptors (Lipinski definition) is 6. The molecule has 0 aliphatic carbocycles. The zero-order valence-electron chi connectivity index (χ0n) is 15.0. The molecule has 1 aromatic carbocycles. The van der Waals surface area contributed by atoms with Gasteiger partial charge in [0.1, 0.15) is 16.5 Å². The van der Waals surface area contributed by atoms with Crippen LogP contribution in [0.3, 0.4) is 0 Å². The lowest BCUT2D eigenvalue weighted by atomic mass is 10.2. The number of thioether (sulfide) groups is 1. The standard InChI is InChI=1S/C20H19N3O3S/c1-25-16-6-5-14(18(12-16)26-2)13-27-20-17(4-3-9-22-20)19(24)23-15-7-10-21-11-8-15/h3-12H,13H2,1-2H3,(H,21,23,24). The van der Waals surface area contributed by atoms with Gasteiger partial charge in [-0.3, -0.25) is 9.78 Å². The van der Waals surface area contributed by atoms with Crippen molar-refractivity contribution in [2.45, 2.75) is 10.8 Å². The minimum atomic E-state index is -0.210. The Morgan fingerprint density at radius 2 is 1.89 bits per heavy atom. The number of aromatic nitrogens is 2. The van der Waals surface area contributed by atoms with Crippen LogP contribution in [0.15, 0.2) is 66.1 Å². The van der Waals surface area contributed by atoms with E-state index >= 15 is 0 Å². The number of nitrogens with zero attached hydrogens (tertiary/aromatic N) is 2. The topological polar surface area (TPSA) is 73.3 Å². The molecule has 0 saturated carbocycles. The summed E-state index contributed by atoms with van der Waals surface area (Å²) in [6.45, 7) is 0. The third-order valence-corrected chi connectivity index (χ3v) is 4.87. The smallest absolute Gasteiger partial charge is 0.258 e. The van der Waals surface area contributed by atoms with Gasteiger partial charge in [-0.15, -0.1) is 11.8 Å². The molecular weight excluding hydrogens is 362 g/mol. The maximum atomic E-state index is 12.6. The first-order valence-electron chi connectivity index (χ1n) is 8.21. The van der Waals surface area contributed by atoms with E-state index in [0.717, 1.165) is 17.1 Å². The van der Waals surface area contributed by atoms with E-state index in [-0.39, 0.29) is 5.91 Å². The fourth-order valence-corrected chi connectivity index (χ4v) is 3.41. The number of methoxy groups -OCH3 is 2. The van der Waals surface area contributed by atoms with E-state index in [2.05, 4.69) is 15.3 Å². The first-order valence-corrected chi connectivity index (χ1v) is 9.20. The van der Waals surface area contributed by atoms with E-state index in [1.165, 1.54) is 11.8 Å². The fraction of sp³-hybridized carbons (Fsp3) is 0.150. The summed E-state index contributed by atoms with van der Waals surface area (Å²) >= 11 is 1.48. The largest absolute Gasteiger partial charge is 0.497 e. The summed E-state index contributed by atoms with van der Waals surface area (Å²) in [6.07, 6.45) is 4.94. The number of benzene rings is 1. The Hall–Kier alpha value is -3.06. The molecule has 1 N–H and O–H groups in total. The molecule has 3 aromatic rings. The number of amides is 1. The van der Waals surface area contributed by atoms with Gasteiger partial charge in [-0.1, -0.05) is 6.07 Å². The van der Waals surface area contributed by atoms with Gasteiger partial charge in [0, 0.05) is 41.7 Å². The molecule has 2 heterocycles. The molecule has 0 saturated heterocycles. The highest BCUT2D eigenvalue weighted by molar-refractivity contribution is 7.98. The zero-order valence-corrected chi connectivity index (χ0v) is 15.8. The molecule has 0 bridgehead atoms. The molecule has 0 unspecified atom stereocenters. The predicted octanol–water partition coefficient (Wildman–Crippen LogP) is 4.04. The van der Waals surface area contributed by atoms with Gasteiger partial charge in [0.25, 0.3) is 5.91 Å². The van der Waals surface area contributed by atoms with Crippen LogP contribution in [0.5, 0.6) is 11.5 Å². The van der Waals surface area contributed by atoms with Crippen LogP contribution in [0.1, 0.15) is 15.9 Å². The van der Waals surface area contributed by atoms with Crippen LogP contribution in [-0.4, -0.2) is 30.1 Å². The minimum Gasteiger partial charge on any atom is -0.497 e. The lowest BCUT2D eigenvalue weighted by Gasteiger charge is -2.12. The summed E-state index contributed by atoms with van der Waals surface area (Å²) in [7, 11) is 3.24. The van der Waals surface area contributed by atoms with E-state index in [0.29, 0.717) is 22.0 Å². The normalized spacial score (nSPS) is 10.3. The monoisotopic (exact) mass is 381 g/mol. The highest BCUT2D eigenvalue weighted by Gasteiger charge is 2.14. The van der Waals surface area contributed by atoms with Gasteiger partial charge in [0.15, 0.2) is 0 Å². The van der Waals surface area contributed by atoms with Crippen molar-refractivity contribution >= 4 is 23.4 Å². The maximum absolute atomic E-state index is 12.6. The Balaban J connectivity index is 1.76. The second-order valence-electron chi connectivity index (χ2n) is 5.51. The number of ether oxygens (including phenoxy) is 2. The van der Waals surface area contributed by atoms with Crippen molar-refractivity contribution in [3.8, 4) is 11.5 Å². The lowest BCUT2D eigenvalue weighted by molar-refractivity contribution is 0.102. The van der Waals surface area contributed by atoms with Gasteiger partial charge in [-0.2, -0.15) is 0 Å².